The average Bonchev–Trinajstić information content (AvgIpc) is 3.87. The minimum Gasteiger partial charge on any atom is -0.492 e. The molecule has 8 N–H and O–H groups in total. The van der Waals surface area contributed by atoms with Gasteiger partial charge in [-0.3, -0.25) is 28.0 Å². The van der Waals surface area contributed by atoms with Crippen LogP contribution >= 0.6 is 0 Å². The Labute approximate surface area is 443 Å². The van der Waals surface area contributed by atoms with Gasteiger partial charge in [0.1, 0.15) is 12.6 Å². The second-order valence-electron chi connectivity index (χ2n) is 20.1. The van der Waals surface area contributed by atoms with Crippen molar-refractivity contribution in [1.82, 2.24) is 20.7 Å². The summed E-state index contributed by atoms with van der Waals surface area (Å²) in [5.41, 5.74) is 2.14. The van der Waals surface area contributed by atoms with Crippen LogP contribution in [0.25, 0.3) is 0 Å². The third-order valence-corrected chi connectivity index (χ3v) is 16.6. The number of aromatic nitrogens is 1. The number of nitrogens with one attached hydrogen (secondary N) is 3. The second-order valence-corrected chi connectivity index (χ2v) is 24.5. The number of anilines is 1. The van der Waals surface area contributed by atoms with Crippen molar-refractivity contribution in [2.45, 2.75) is 144 Å². The highest BCUT2D eigenvalue weighted by Crippen LogP contribution is 2.52. The summed E-state index contributed by atoms with van der Waals surface area (Å²) in [7, 11) is -13.6. The molecule has 416 valence electrons. The zero-order chi connectivity index (χ0) is 55.6. The molecule has 2 atom stereocenters. The lowest BCUT2D eigenvalue weighted by atomic mass is 9.77. The predicted octanol–water partition coefficient (Wildman–Crippen LogP) is 5.11. The molecule has 76 heavy (non-hydrogen) atoms. The Kier molecular flexibility index (Phi) is 19.4. The lowest BCUT2D eigenvalue weighted by molar-refractivity contribution is -0.438. The van der Waals surface area contributed by atoms with Crippen LogP contribution in [0.4, 0.5) is 11.4 Å². The Morgan fingerprint density at radius 3 is 2.08 bits per heavy atom. The fraction of sp³-hybridized carbons (Fsp3) is 0.510. The number of amides is 3. The topological polar surface area (TPSA) is 328 Å². The summed E-state index contributed by atoms with van der Waals surface area (Å²) in [5, 5.41) is 27.7. The number of carbonyl (C=O) groups excluding carboxylic acids is 4. The van der Waals surface area contributed by atoms with E-state index in [0.717, 1.165) is 23.5 Å². The smallest absolute Gasteiger partial charge is 0.333 e. The van der Waals surface area contributed by atoms with E-state index in [1.54, 1.807) is 6.07 Å². The quantitative estimate of drug-likeness (QED) is 0.0590. The van der Waals surface area contributed by atoms with E-state index in [4.69, 9.17) is 4.84 Å². The molecule has 0 saturated carbocycles. The third-order valence-electron chi connectivity index (χ3n) is 14.1. The SMILES string of the molecule is CC1(C)C2=[N+](CCCCCCC(=O)NCC(C(=O)NCCCCCC(=O)On3c(O)ccc3O)NC(=O)CCCCCC3(C)C(=CC=C2)N(CCCS(=O)(=O)O)c2ccc(S(=O)(=O)O)cc23)c2ccc(S(=O)(=O)O)cc21. The third kappa shape index (κ3) is 15.1. The first-order valence-electron chi connectivity index (χ1n) is 25.4. The molecule has 0 radical (unpaired) electrons. The molecule has 0 saturated heterocycles. The van der Waals surface area contributed by atoms with Crippen molar-refractivity contribution in [1.29, 1.82) is 0 Å². The van der Waals surface area contributed by atoms with Crippen LogP contribution in [0.5, 0.6) is 11.8 Å². The van der Waals surface area contributed by atoms with E-state index in [1.807, 2.05) is 43.9 Å². The largest absolute Gasteiger partial charge is 0.492 e. The molecule has 1 aromatic heterocycles. The lowest BCUT2D eigenvalue weighted by Gasteiger charge is -2.30. The first kappa shape index (κ1) is 59.1. The molecule has 6 rings (SSSR count). The molecule has 25 heteroatoms. The van der Waals surface area contributed by atoms with Gasteiger partial charge in [0, 0.05) is 92.0 Å². The van der Waals surface area contributed by atoms with Crippen molar-refractivity contribution in [3.8, 4) is 11.8 Å². The van der Waals surface area contributed by atoms with Gasteiger partial charge in [0.05, 0.1) is 21.0 Å². The van der Waals surface area contributed by atoms with E-state index in [0.29, 0.717) is 104 Å². The second kappa shape index (κ2) is 24.9. The molecule has 0 fully saturated rings. The van der Waals surface area contributed by atoms with Crippen LogP contribution in [0.2, 0.25) is 0 Å². The van der Waals surface area contributed by atoms with Crippen molar-refractivity contribution in [2.24, 2.45) is 0 Å². The molecule has 3 aliphatic heterocycles. The minimum absolute atomic E-state index is 0.00874. The number of carbonyl (C=O) groups is 4. The summed E-state index contributed by atoms with van der Waals surface area (Å²) in [6.07, 6.45) is 11.3. The fourth-order valence-electron chi connectivity index (χ4n) is 10.1. The number of fused-ring (bicyclic) bond motifs is 5. The summed E-state index contributed by atoms with van der Waals surface area (Å²) in [5.74, 6) is -3.41. The van der Waals surface area contributed by atoms with Crippen LogP contribution in [0.15, 0.2) is 82.2 Å². The summed E-state index contributed by atoms with van der Waals surface area (Å²) < 4.78 is 106. The minimum atomic E-state index is -4.68. The van der Waals surface area contributed by atoms with Crippen molar-refractivity contribution < 1.29 is 77.7 Å². The summed E-state index contributed by atoms with van der Waals surface area (Å²) in [6, 6.07) is 9.83. The van der Waals surface area contributed by atoms with Gasteiger partial charge < -0.3 is 35.9 Å². The molecule has 0 spiro atoms. The highest BCUT2D eigenvalue weighted by atomic mass is 32.2. The molecule has 3 amide bonds. The maximum Gasteiger partial charge on any atom is 0.333 e. The van der Waals surface area contributed by atoms with Crippen molar-refractivity contribution in [2.75, 3.05) is 36.8 Å². The van der Waals surface area contributed by atoms with Gasteiger partial charge in [-0.15, -0.1) is 4.73 Å². The average molecular weight is 1120 g/mol. The van der Waals surface area contributed by atoms with E-state index >= 15 is 0 Å². The first-order chi connectivity index (χ1) is 35.7. The Balaban J connectivity index is 1.25. The molecule has 22 nitrogen and oxygen atoms in total. The number of hydrogen-bond acceptors (Lipinski definition) is 14. The summed E-state index contributed by atoms with van der Waals surface area (Å²) in [6.45, 7) is 6.35. The molecule has 2 unspecified atom stereocenters. The van der Waals surface area contributed by atoms with Crippen molar-refractivity contribution in [3.63, 3.8) is 0 Å². The fourth-order valence-corrected chi connectivity index (χ4v) is 11.6. The zero-order valence-electron chi connectivity index (χ0n) is 42.9. The van der Waals surface area contributed by atoms with Gasteiger partial charge in [0.15, 0.2) is 5.71 Å². The zero-order valence-corrected chi connectivity index (χ0v) is 45.3. The Morgan fingerprint density at radius 1 is 0.776 bits per heavy atom. The number of aromatic hydroxyl groups is 2. The van der Waals surface area contributed by atoms with Gasteiger partial charge in [-0.05, 0) is 108 Å². The van der Waals surface area contributed by atoms with Crippen LogP contribution < -0.4 is 25.7 Å². The van der Waals surface area contributed by atoms with Crippen molar-refractivity contribution >= 4 is 71.1 Å². The Morgan fingerprint density at radius 2 is 1.41 bits per heavy atom. The van der Waals surface area contributed by atoms with Gasteiger partial charge in [0.25, 0.3) is 30.4 Å². The van der Waals surface area contributed by atoms with E-state index in [1.165, 1.54) is 30.3 Å². The molecular weight excluding hydrogens is 1050 g/mol. The monoisotopic (exact) mass is 1120 g/mol. The lowest BCUT2D eigenvalue weighted by Crippen LogP contribution is -2.52. The molecular formula is C51H69N6O16S3+. The van der Waals surface area contributed by atoms with E-state index in [-0.39, 0.29) is 61.0 Å². The van der Waals surface area contributed by atoms with Crippen LogP contribution in [0.1, 0.15) is 128 Å². The molecule has 3 aliphatic rings. The number of rotatable bonds is 14. The number of benzene rings is 2. The maximum atomic E-state index is 13.5. The summed E-state index contributed by atoms with van der Waals surface area (Å²) >= 11 is 0. The molecule has 0 aliphatic carbocycles. The van der Waals surface area contributed by atoms with Gasteiger partial charge in [-0.25, -0.2) is 4.79 Å². The van der Waals surface area contributed by atoms with Crippen molar-refractivity contribution in [3.05, 3.63) is 83.6 Å². The highest BCUT2D eigenvalue weighted by Gasteiger charge is 2.46. The number of nitrogens with zero attached hydrogens (tertiary/aromatic N) is 3. The van der Waals surface area contributed by atoms with Crippen LogP contribution in [-0.4, -0.2) is 126 Å². The molecule has 0 bridgehead atoms. The Hall–Kier alpha value is -6.12. The van der Waals surface area contributed by atoms with Gasteiger partial charge in [-0.2, -0.15) is 29.8 Å². The highest BCUT2D eigenvalue weighted by molar-refractivity contribution is 7.86. The van der Waals surface area contributed by atoms with Gasteiger partial charge in [0.2, 0.25) is 35.2 Å². The molecule has 2 aromatic carbocycles. The van der Waals surface area contributed by atoms with Gasteiger partial charge >= 0.3 is 5.97 Å². The standard InChI is InChI=1S/C51H68N6O16S3/c1-50(2)37-32-35(75(67,68)69)21-23-40(37)55-29-13-5-4-8-18-44(58)53-34-39(49(63)52-28-12-7-10-20-48(62)73-57-46(60)25-26-47(57)61)54-45(59)19-9-6-11-27-51(3)38-33-36(76(70,71)72)22-24-41(38)56(30-15-31-74(64,65)66)43(51)17-14-16-42(50)55/h14,16-17,21-26,32-33,39H,4-13,15,18-20,27-31,34H2,1-3H3,(H7-,52,53,54,58,59,60,61,63,64,65,66,67,68,69,70,71,72)/p+1. The Bertz CT molecular complexity index is 3090. The predicted molar refractivity (Wildman–Crippen MR) is 280 cm³/mol. The molecule has 4 heterocycles. The van der Waals surface area contributed by atoms with Gasteiger partial charge in [-0.1, -0.05) is 31.8 Å². The van der Waals surface area contributed by atoms with E-state index in [9.17, 15) is 68.3 Å². The first-order valence-corrected chi connectivity index (χ1v) is 29.8. The number of hydrogen-bond donors (Lipinski definition) is 8. The molecule has 3 aromatic rings. The number of unbranched alkanes of at least 4 members (excludes halogenated alkanes) is 2. The maximum absolute atomic E-state index is 13.5. The van der Waals surface area contributed by atoms with E-state index in [2.05, 4.69) is 20.5 Å². The van der Waals surface area contributed by atoms with E-state index < -0.39 is 82.5 Å². The number of allylic oxidation sites excluding steroid dienone is 4. The van der Waals surface area contributed by atoms with Crippen LogP contribution in [-0.2, 0) is 60.4 Å². The van der Waals surface area contributed by atoms with Crippen LogP contribution in [0, 0.1) is 0 Å². The summed E-state index contributed by atoms with van der Waals surface area (Å²) in [4.78, 5) is 58.5. The van der Waals surface area contributed by atoms with Crippen LogP contribution in [0.3, 0.4) is 0 Å². The normalized spacial score (nSPS) is 20.3.